The molecule has 106 valence electrons. The summed E-state index contributed by atoms with van der Waals surface area (Å²) in [6.07, 6.45) is 3.87. The number of rotatable bonds is 4. The number of carbonyl (C=O) groups excluding carboxylic acids is 1. The van der Waals surface area contributed by atoms with Crippen LogP contribution in [0.25, 0.3) is 5.65 Å². The van der Waals surface area contributed by atoms with Gasteiger partial charge in [0.15, 0.2) is 0 Å². The zero-order valence-corrected chi connectivity index (χ0v) is 12.0. The minimum absolute atomic E-state index is 0.0804. The van der Waals surface area contributed by atoms with E-state index in [1.54, 1.807) is 12.3 Å². The van der Waals surface area contributed by atoms with Crippen molar-refractivity contribution in [2.24, 2.45) is 5.92 Å². The van der Waals surface area contributed by atoms with Crippen LogP contribution >= 0.6 is 0 Å². The molecule has 2 aromatic rings. The summed E-state index contributed by atoms with van der Waals surface area (Å²) < 4.78 is 1.41. The molecular weight excluding hydrogens is 254 g/mol. The van der Waals surface area contributed by atoms with Gasteiger partial charge in [-0.2, -0.15) is 0 Å². The Morgan fingerprint density at radius 1 is 1.45 bits per heavy atom. The van der Waals surface area contributed by atoms with Crippen LogP contribution in [-0.4, -0.2) is 21.8 Å². The van der Waals surface area contributed by atoms with E-state index >= 15 is 0 Å². The summed E-state index contributed by atoms with van der Waals surface area (Å²) in [5, 5.41) is 2.76. The second-order valence-corrected chi connectivity index (χ2v) is 5.30. The van der Waals surface area contributed by atoms with Crippen LogP contribution in [0.3, 0.4) is 0 Å². The Morgan fingerprint density at radius 3 is 2.90 bits per heavy atom. The quantitative estimate of drug-likeness (QED) is 0.923. The maximum atomic E-state index is 12.3. The predicted octanol–water partition coefficient (Wildman–Crippen LogP) is 1.78. The van der Waals surface area contributed by atoms with Crippen molar-refractivity contribution in [2.45, 2.75) is 27.2 Å². The van der Waals surface area contributed by atoms with Crippen molar-refractivity contribution in [3.05, 3.63) is 46.0 Å². The van der Waals surface area contributed by atoms with Gasteiger partial charge in [-0.25, -0.2) is 4.98 Å². The molecule has 1 N–H and O–H groups in total. The van der Waals surface area contributed by atoms with Crippen LogP contribution in [0.2, 0.25) is 0 Å². The van der Waals surface area contributed by atoms with Crippen molar-refractivity contribution >= 4 is 11.6 Å². The molecule has 5 heteroatoms. The molecule has 0 saturated carbocycles. The number of pyridine rings is 1. The highest BCUT2D eigenvalue weighted by molar-refractivity contribution is 5.93. The summed E-state index contributed by atoms with van der Waals surface area (Å²) in [6, 6.07) is 3.65. The van der Waals surface area contributed by atoms with Crippen molar-refractivity contribution in [3.8, 4) is 0 Å². The highest BCUT2D eigenvalue weighted by Crippen LogP contribution is 2.04. The highest BCUT2D eigenvalue weighted by atomic mass is 16.2. The molecule has 0 spiro atoms. The largest absolute Gasteiger partial charge is 0.352 e. The van der Waals surface area contributed by atoms with Crippen molar-refractivity contribution < 1.29 is 4.79 Å². The highest BCUT2D eigenvalue weighted by Gasteiger charge is 2.13. The molecule has 0 aliphatic carbocycles. The van der Waals surface area contributed by atoms with E-state index < -0.39 is 0 Å². The van der Waals surface area contributed by atoms with Crippen LogP contribution in [0.4, 0.5) is 0 Å². The number of hydrogen-bond donors (Lipinski definition) is 1. The molecule has 0 atom stereocenters. The Labute approximate surface area is 117 Å². The van der Waals surface area contributed by atoms with Crippen LogP contribution < -0.4 is 10.9 Å². The average molecular weight is 273 g/mol. The summed E-state index contributed by atoms with van der Waals surface area (Å²) in [4.78, 5) is 28.5. The van der Waals surface area contributed by atoms with E-state index in [2.05, 4.69) is 24.1 Å². The molecule has 2 heterocycles. The Balaban J connectivity index is 2.29. The third-order valence-corrected chi connectivity index (χ3v) is 3.18. The van der Waals surface area contributed by atoms with Crippen molar-refractivity contribution in [3.63, 3.8) is 0 Å². The monoisotopic (exact) mass is 273 g/mol. The standard InChI is InChI=1S/C15H19N3O2/c1-10(2)6-7-16-14(19)12-9-17-13-11(3)5-4-8-18(13)15(12)20/h4-5,8-10H,6-7H2,1-3H3,(H,16,19). The maximum Gasteiger partial charge on any atom is 0.270 e. The van der Waals surface area contributed by atoms with E-state index in [9.17, 15) is 9.59 Å². The summed E-state index contributed by atoms with van der Waals surface area (Å²) >= 11 is 0. The van der Waals surface area contributed by atoms with E-state index in [-0.39, 0.29) is 17.0 Å². The molecule has 0 saturated heterocycles. The van der Waals surface area contributed by atoms with Crippen LogP contribution in [0.1, 0.15) is 36.2 Å². The minimum atomic E-state index is -0.362. The summed E-state index contributed by atoms with van der Waals surface area (Å²) in [7, 11) is 0. The third kappa shape index (κ3) is 2.87. The Kier molecular flexibility index (Phi) is 4.17. The van der Waals surface area contributed by atoms with Crippen LogP contribution in [0, 0.1) is 12.8 Å². The van der Waals surface area contributed by atoms with E-state index in [0.717, 1.165) is 12.0 Å². The van der Waals surface area contributed by atoms with Gasteiger partial charge < -0.3 is 5.32 Å². The molecule has 0 aliphatic heterocycles. The second-order valence-electron chi connectivity index (χ2n) is 5.30. The Hall–Kier alpha value is -2.17. The fourth-order valence-electron chi connectivity index (χ4n) is 1.97. The number of hydrogen-bond acceptors (Lipinski definition) is 3. The molecule has 0 aromatic carbocycles. The summed E-state index contributed by atoms with van der Waals surface area (Å²) in [6.45, 7) is 6.61. The number of aryl methyl sites for hydroxylation is 1. The van der Waals surface area contributed by atoms with Gasteiger partial charge in [-0.05, 0) is 30.9 Å². The zero-order chi connectivity index (χ0) is 14.7. The lowest BCUT2D eigenvalue weighted by Crippen LogP contribution is -2.32. The SMILES string of the molecule is Cc1cccn2c(=O)c(C(=O)NCCC(C)C)cnc12. The van der Waals surface area contributed by atoms with Gasteiger partial charge in [-0.15, -0.1) is 0 Å². The number of aromatic nitrogens is 2. The van der Waals surface area contributed by atoms with Gasteiger partial charge in [0.2, 0.25) is 0 Å². The molecule has 0 radical (unpaired) electrons. The van der Waals surface area contributed by atoms with Gasteiger partial charge in [-0.1, -0.05) is 19.9 Å². The van der Waals surface area contributed by atoms with Gasteiger partial charge in [-0.3, -0.25) is 14.0 Å². The average Bonchev–Trinajstić information content (AvgIpc) is 2.39. The van der Waals surface area contributed by atoms with Gasteiger partial charge in [0, 0.05) is 18.9 Å². The maximum absolute atomic E-state index is 12.3. The lowest BCUT2D eigenvalue weighted by Gasteiger charge is -2.08. The summed E-state index contributed by atoms with van der Waals surface area (Å²) in [5.41, 5.74) is 1.23. The number of amides is 1. The van der Waals surface area contributed by atoms with Gasteiger partial charge in [0.05, 0.1) is 0 Å². The molecule has 2 rings (SSSR count). The topological polar surface area (TPSA) is 63.5 Å². The van der Waals surface area contributed by atoms with E-state index in [1.165, 1.54) is 10.6 Å². The lowest BCUT2D eigenvalue weighted by molar-refractivity contribution is 0.0950. The molecular formula is C15H19N3O2. The first-order chi connectivity index (χ1) is 9.50. The van der Waals surface area contributed by atoms with E-state index in [1.807, 2.05) is 13.0 Å². The fourth-order valence-corrected chi connectivity index (χ4v) is 1.97. The first kappa shape index (κ1) is 14.2. The van der Waals surface area contributed by atoms with Gasteiger partial charge in [0.25, 0.3) is 11.5 Å². The van der Waals surface area contributed by atoms with Crippen molar-refractivity contribution in [1.82, 2.24) is 14.7 Å². The summed E-state index contributed by atoms with van der Waals surface area (Å²) in [5.74, 6) is 0.146. The molecule has 0 aliphatic rings. The number of fused-ring (bicyclic) bond motifs is 1. The predicted molar refractivity (Wildman–Crippen MR) is 78.0 cm³/mol. The second kappa shape index (κ2) is 5.86. The molecule has 5 nitrogen and oxygen atoms in total. The molecule has 0 fully saturated rings. The molecule has 0 bridgehead atoms. The van der Waals surface area contributed by atoms with Crippen LogP contribution in [-0.2, 0) is 0 Å². The van der Waals surface area contributed by atoms with E-state index in [4.69, 9.17) is 0 Å². The lowest BCUT2D eigenvalue weighted by atomic mass is 10.1. The number of carbonyl (C=O) groups is 1. The molecule has 1 amide bonds. The van der Waals surface area contributed by atoms with Gasteiger partial charge in [0.1, 0.15) is 11.2 Å². The zero-order valence-electron chi connectivity index (χ0n) is 12.0. The van der Waals surface area contributed by atoms with Crippen LogP contribution in [0.15, 0.2) is 29.3 Å². The normalized spacial score (nSPS) is 11.0. The molecule has 0 unspecified atom stereocenters. The fraction of sp³-hybridized carbons (Fsp3) is 0.400. The Morgan fingerprint density at radius 2 is 2.20 bits per heavy atom. The first-order valence-corrected chi connectivity index (χ1v) is 6.76. The number of nitrogens with one attached hydrogen (secondary N) is 1. The third-order valence-electron chi connectivity index (χ3n) is 3.18. The van der Waals surface area contributed by atoms with E-state index in [0.29, 0.717) is 18.1 Å². The van der Waals surface area contributed by atoms with Crippen LogP contribution in [0.5, 0.6) is 0 Å². The van der Waals surface area contributed by atoms with Crippen molar-refractivity contribution in [1.29, 1.82) is 0 Å². The smallest absolute Gasteiger partial charge is 0.270 e. The molecule has 20 heavy (non-hydrogen) atoms. The van der Waals surface area contributed by atoms with Gasteiger partial charge >= 0.3 is 0 Å². The first-order valence-electron chi connectivity index (χ1n) is 6.76. The number of nitrogens with zero attached hydrogens (tertiary/aromatic N) is 2. The van der Waals surface area contributed by atoms with Crippen molar-refractivity contribution in [2.75, 3.05) is 6.54 Å². The molecule has 2 aromatic heterocycles. The Bertz CT molecular complexity index is 689. The minimum Gasteiger partial charge on any atom is -0.352 e.